The van der Waals surface area contributed by atoms with Gasteiger partial charge in [0.1, 0.15) is 0 Å². The number of carbonyl (C=O) groups excluding carboxylic acids is 1. The van der Waals surface area contributed by atoms with Crippen molar-refractivity contribution >= 4 is 6.29 Å². The monoisotopic (exact) mass is 88.0 g/mol. The van der Waals surface area contributed by atoms with E-state index in [1.807, 2.05) is 0 Å². The maximum Gasteiger partial charge on any atom is 0.219 e. The van der Waals surface area contributed by atoms with Crippen LogP contribution in [0.25, 0.3) is 0 Å². The highest BCUT2D eigenvalue weighted by molar-refractivity contribution is 5.57. The Bertz CT molecular complexity index is 46.1. The van der Waals surface area contributed by atoms with Gasteiger partial charge >= 0.3 is 0 Å². The Morgan fingerprint density at radius 2 is 2.50 bits per heavy atom. The van der Waals surface area contributed by atoms with Crippen LogP contribution < -0.4 is 5.73 Å². The van der Waals surface area contributed by atoms with E-state index in [1.54, 1.807) is 0 Å². The first kappa shape index (κ1) is 5.59. The zero-order valence-corrected chi connectivity index (χ0v) is 3.22. The lowest BCUT2D eigenvalue weighted by Gasteiger charge is -1.88. The number of rotatable bonds is 2. The van der Waals surface area contributed by atoms with Crippen molar-refractivity contribution in [3.63, 3.8) is 0 Å². The Morgan fingerprint density at radius 3 is 2.50 bits per heavy atom. The third-order valence-electron chi connectivity index (χ3n) is 0.348. The van der Waals surface area contributed by atoms with Crippen molar-refractivity contribution in [3.05, 3.63) is 0 Å². The Labute approximate surface area is 35.8 Å². The van der Waals surface area contributed by atoms with E-state index in [4.69, 9.17) is 10.8 Å². The van der Waals surface area contributed by atoms with Gasteiger partial charge in [0.05, 0.1) is 12.6 Å². The number of nitrogens with two attached hydrogens (primary N) is 1. The molecule has 0 aromatic heterocycles. The van der Waals surface area contributed by atoms with Crippen molar-refractivity contribution < 1.29 is 9.90 Å². The molecule has 0 saturated carbocycles. The van der Waals surface area contributed by atoms with E-state index in [0.29, 0.717) is 0 Å². The molecule has 0 unspecified atom stereocenters. The van der Waals surface area contributed by atoms with Gasteiger partial charge < -0.3 is 10.8 Å². The lowest BCUT2D eigenvalue weighted by Crippen LogP contribution is -2.25. The van der Waals surface area contributed by atoms with Crippen molar-refractivity contribution in [1.29, 1.82) is 0 Å². The first-order valence-electron chi connectivity index (χ1n) is 1.55. The number of aliphatic hydroxyl groups excluding tert-OH is 1. The summed E-state index contributed by atoms with van der Waals surface area (Å²) in [5.41, 5.74) is 4.80. The zero-order chi connectivity index (χ0) is 4.99. The summed E-state index contributed by atoms with van der Waals surface area (Å²) in [4.78, 5) is 9.33. The molecule has 0 aromatic rings. The van der Waals surface area contributed by atoms with Crippen LogP contribution in [-0.4, -0.2) is 24.0 Å². The normalized spacial score (nSPS) is 13.7. The molecule has 6 heavy (non-hydrogen) atoms. The second-order valence-corrected chi connectivity index (χ2v) is 0.907. The molecule has 0 rings (SSSR count). The average molecular weight is 88.1 g/mol. The molecule has 0 fully saturated rings. The van der Waals surface area contributed by atoms with Crippen LogP contribution in [0.15, 0.2) is 0 Å². The standard InChI is InChI=1S/C3H6NO2/c4-3(1-5)2-6/h3,5H,1,4H2/t3-/m1/s1. The van der Waals surface area contributed by atoms with E-state index in [0.717, 1.165) is 0 Å². The van der Waals surface area contributed by atoms with Crippen LogP contribution in [0.2, 0.25) is 0 Å². The molecule has 0 bridgehead atoms. The third-order valence-corrected chi connectivity index (χ3v) is 0.348. The Hall–Kier alpha value is -0.410. The fraction of sp³-hybridized carbons (Fsp3) is 0.667. The fourth-order valence-corrected chi connectivity index (χ4v) is 0.0373. The number of aliphatic hydroxyl groups is 1. The highest BCUT2D eigenvalue weighted by atomic mass is 16.3. The van der Waals surface area contributed by atoms with Gasteiger partial charge in [-0.3, -0.25) is 4.79 Å². The Morgan fingerprint density at radius 1 is 2.00 bits per heavy atom. The predicted octanol–water partition coefficient (Wildman–Crippen LogP) is -1.58. The summed E-state index contributed by atoms with van der Waals surface area (Å²) < 4.78 is 0. The van der Waals surface area contributed by atoms with Crippen LogP contribution >= 0.6 is 0 Å². The maximum absolute atomic E-state index is 9.33. The van der Waals surface area contributed by atoms with E-state index < -0.39 is 6.04 Å². The van der Waals surface area contributed by atoms with E-state index >= 15 is 0 Å². The molecule has 1 atom stereocenters. The lowest BCUT2D eigenvalue weighted by atomic mass is 10.4. The minimum absolute atomic E-state index is 0.316. The van der Waals surface area contributed by atoms with Crippen molar-refractivity contribution in [2.75, 3.05) is 6.61 Å². The van der Waals surface area contributed by atoms with Crippen molar-refractivity contribution in [2.24, 2.45) is 5.73 Å². The molecule has 3 N–H and O–H groups in total. The molecule has 35 valence electrons. The Balaban J connectivity index is 2.96. The molecular formula is C3H6NO2. The Kier molecular flexibility index (Phi) is 2.62. The van der Waals surface area contributed by atoms with E-state index in [-0.39, 0.29) is 6.61 Å². The van der Waals surface area contributed by atoms with Gasteiger partial charge in [-0.15, -0.1) is 0 Å². The van der Waals surface area contributed by atoms with E-state index in [1.165, 1.54) is 6.29 Å². The molecule has 0 aliphatic heterocycles. The van der Waals surface area contributed by atoms with Crippen LogP contribution in [0.3, 0.4) is 0 Å². The number of hydrogen-bond donors (Lipinski definition) is 2. The van der Waals surface area contributed by atoms with Crippen LogP contribution in [0, 0.1) is 0 Å². The topological polar surface area (TPSA) is 63.3 Å². The van der Waals surface area contributed by atoms with Gasteiger partial charge in [-0.2, -0.15) is 0 Å². The maximum atomic E-state index is 9.33. The summed E-state index contributed by atoms with van der Waals surface area (Å²) in [6.45, 7) is -0.316. The first-order chi connectivity index (χ1) is 2.81. The second-order valence-electron chi connectivity index (χ2n) is 0.907. The highest BCUT2D eigenvalue weighted by Gasteiger charge is 1.92. The molecule has 3 heteroatoms. The van der Waals surface area contributed by atoms with Crippen molar-refractivity contribution in [2.45, 2.75) is 6.04 Å². The minimum Gasteiger partial charge on any atom is -0.394 e. The molecule has 0 aliphatic rings. The average Bonchev–Trinajstić information content (AvgIpc) is 1.65. The largest absolute Gasteiger partial charge is 0.394 e. The molecule has 1 radical (unpaired) electrons. The first-order valence-corrected chi connectivity index (χ1v) is 1.55. The van der Waals surface area contributed by atoms with Crippen LogP contribution in [-0.2, 0) is 4.79 Å². The summed E-state index contributed by atoms with van der Waals surface area (Å²) >= 11 is 0. The van der Waals surface area contributed by atoms with E-state index in [2.05, 4.69) is 0 Å². The van der Waals surface area contributed by atoms with Crippen LogP contribution in [0.5, 0.6) is 0 Å². The summed E-state index contributed by atoms with van der Waals surface area (Å²) in [6, 6.07) is -0.815. The molecule has 0 saturated heterocycles. The SMILES string of the molecule is N[C@@H]([C]=O)CO. The van der Waals surface area contributed by atoms with Gasteiger partial charge in [0, 0.05) is 0 Å². The van der Waals surface area contributed by atoms with Gasteiger partial charge in [0.25, 0.3) is 0 Å². The highest BCUT2D eigenvalue weighted by Crippen LogP contribution is 1.60. The van der Waals surface area contributed by atoms with Crippen molar-refractivity contribution in [1.82, 2.24) is 0 Å². The molecule has 0 aliphatic carbocycles. The second kappa shape index (κ2) is 2.81. The molecular weight excluding hydrogens is 82.0 g/mol. The predicted molar refractivity (Wildman–Crippen MR) is 20.8 cm³/mol. The number of hydrogen-bond acceptors (Lipinski definition) is 3. The van der Waals surface area contributed by atoms with Crippen LogP contribution in [0.1, 0.15) is 0 Å². The zero-order valence-electron chi connectivity index (χ0n) is 3.22. The van der Waals surface area contributed by atoms with Gasteiger partial charge in [-0.1, -0.05) is 0 Å². The van der Waals surface area contributed by atoms with Gasteiger partial charge in [0.15, 0.2) is 0 Å². The summed E-state index contributed by atoms with van der Waals surface area (Å²) in [7, 11) is 0. The van der Waals surface area contributed by atoms with Gasteiger partial charge in [-0.25, -0.2) is 0 Å². The summed E-state index contributed by atoms with van der Waals surface area (Å²) in [5.74, 6) is 0. The molecule has 0 amide bonds. The van der Waals surface area contributed by atoms with Crippen molar-refractivity contribution in [3.8, 4) is 0 Å². The summed E-state index contributed by atoms with van der Waals surface area (Å²) in [6.07, 6.45) is 1.39. The van der Waals surface area contributed by atoms with Gasteiger partial charge in [-0.05, 0) is 0 Å². The van der Waals surface area contributed by atoms with E-state index in [9.17, 15) is 4.79 Å². The molecule has 0 spiro atoms. The molecule has 0 aromatic carbocycles. The fourth-order valence-electron chi connectivity index (χ4n) is 0.0373. The minimum atomic E-state index is -0.815. The quantitative estimate of drug-likeness (QED) is 0.428. The lowest BCUT2D eigenvalue weighted by molar-refractivity contribution is 0.287. The third kappa shape index (κ3) is 1.87. The van der Waals surface area contributed by atoms with Gasteiger partial charge in [0.2, 0.25) is 6.29 Å². The molecule has 3 nitrogen and oxygen atoms in total. The van der Waals surface area contributed by atoms with Crippen LogP contribution in [0.4, 0.5) is 0 Å². The smallest absolute Gasteiger partial charge is 0.219 e. The molecule has 0 heterocycles. The summed E-state index contributed by atoms with van der Waals surface area (Å²) in [5, 5.41) is 7.95.